The fraction of sp³-hybridized carbons (Fsp3) is 0.417. The van der Waals surface area contributed by atoms with Gasteiger partial charge in [-0.05, 0) is 19.9 Å². The molecule has 0 atom stereocenters. The molecule has 0 radical (unpaired) electrons. The van der Waals surface area contributed by atoms with Gasteiger partial charge in [0.05, 0.1) is 11.6 Å². The molecule has 0 amide bonds. The Morgan fingerprint density at radius 1 is 1.53 bits per heavy atom. The molecule has 0 aliphatic heterocycles. The van der Waals surface area contributed by atoms with Gasteiger partial charge in [-0.25, -0.2) is 4.39 Å². The van der Waals surface area contributed by atoms with E-state index in [-0.39, 0.29) is 24.2 Å². The molecule has 0 bridgehead atoms. The summed E-state index contributed by atoms with van der Waals surface area (Å²) < 4.78 is 13.7. The Morgan fingerprint density at radius 3 is 2.71 bits per heavy atom. The summed E-state index contributed by atoms with van der Waals surface area (Å²) in [5, 5.41) is 8.83. The second-order valence-corrected chi connectivity index (χ2v) is 4.51. The van der Waals surface area contributed by atoms with Crippen LogP contribution in [-0.4, -0.2) is 28.6 Å². The van der Waals surface area contributed by atoms with Gasteiger partial charge in [0, 0.05) is 18.2 Å². The lowest BCUT2D eigenvalue weighted by Crippen LogP contribution is -2.35. The molecule has 0 aliphatic carbocycles. The Bertz CT molecular complexity index is 409. The number of hydrogen-bond donors (Lipinski definition) is 1. The summed E-state index contributed by atoms with van der Waals surface area (Å²) in [6, 6.07) is 4.75. The number of carboxylic acid groups (broad SMARTS) is 1. The van der Waals surface area contributed by atoms with E-state index in [1.807, 2.05) is 13.8 Å². The van der Waals surface area contributed by atoms with Crippen molar-refractivity contribution in [2.75, 3.05) is 6.54 Å². The number of carboxylic acids is 1. The van der Waals surface area contributed by atoms with Crippen LogP contribution in [0.1, 0.15) is 19.4 Å². The number of nitrogens with zero attached hydrogens (tertiary/aromatic N) is 1. The van der Waals surface area contributed by atoms with Crippen molar-refractivity contribution in [3.05, 3.63) is 34.6 Å². The second-order valence-electron chi connectivity index (χ2n) is 4.11. The van der Waals surface area contributed by atoms with Crippen molar-refractivity contribution in [1.29, 1.82) is 0 Å². The average Bonchev–Trinajstić information content (AvgIpc) is 2.22. The van der Waals surface area contributed by atoms with Crippen LogP contribution in [0.2, 0.25) is 5.02 Å². The maximum Gasteiger partial charge on any atom is 0.317 e. The predicted molar refractivity (Wildman–Crippen MR) is 64.6 cm³/mol. The van der Waals surface area contributed by atoms with Gasteiger partial charge in [0.25, 0.3) is 0 Å². The molecule has 3 nitrogen and oxygen atoms in total. The van der Waals surface area contributed by atoms with Crippen LogP contribution in [0.4, 0.5) is 4.39 Å². The second kappa shape index (κ2) is 5.98. The molecule has 0 saturated carbocycles. The number of halogens is 2. The Kier molecular flexibility index (Phi) is 4.90. The van der Waals surface area contributed by atoms with Gasteiger partial charge in [0.2, 0.25) is 0 Å². The van der Waals surface area contributed by atoms with Gasteiger partial charge in [-0.1, -0.05) is 23.7 Å². The van der Waals surface area contributed by atoms with E-state index < -0.39 is 11.8 Å². The number of rotatable bonds is 5. The summed E-state index contributed by atoms with van der Waals surface area (Å²) >= 11 is 5.67. The van der Waals surface area contributed by atoms with Gasteiger partial charge in [-0.15, -0.1) is 0 Å². The van der Waals surface area contributed by atoms with E-state index in [9.17, 15) is 9.18 Å². The first-order chi connectivity index (χ1) is 7.91. The largest absolute Gasteiger partial charge is 0.480 e. The number of aliphatic carboxylic acids is 1. The summed E-state index contributed by atoms with van der Waals surface area (Å²) in [6.07, 6.45) is 0. The minimum Gasteiger partial charge on any atom is -0.480 e. The zero-order valence-corrected chi connectivity index (χ0v) is 10.5. The lowest BCUT2D eigenvalue weighted by molar-refractivity contribution is -0.139. The summed E-state index contributed by atoms with van der Waals surface area (Å²) in [4.78, 5) is 12.4. The highest BCUT2D eigenvalue weighted by Crippen LogP contribution is 2.19. The summed E-state index contributed by atoms with van der Waals surface area (Å²) in [7, 11) is 0. The number of benzene rings is 1. The smallest absolute Gasteiger partial charge is 0.317 e. The van der Waals surface area contributed by atoms with E-state index in [0.717, 1.165) is 0 Å². The first-order valence-corrected chi connectivity index (χ1v) is 5.68. The molecule has 0 fully saturated rings. The predicted octanol–water partition coefficient (Wildman–Crippen LogP) is 2.77. The molecule has 0 heterocycles. The van der Waals surface area contributed by atoms with Crippen LogP contribution in [0, 0.1) is 5.82 Å². The van der Waals surface area contributed by atoms with Crippen LogP contribution < -0.4 is 0 Å². The zero-order chi connectivity index (χ0) is 13.0. The molecule has 0 aromatic heterocycles. The molecule has 1 rings (SSSR count). The normalized spacial score (nSPS) is 11.2. The molecule has 1 N–H and O–H groups in total. The molecule has 17 heavy (non-hydrogen) atoms. The molecule has 1 aromatic carbocycles. The lowest BCUT2D eigenvalue weighted by atomic mass is 10.1. The van der Waals surface area contributed by atoms with E-state index in [1.165, 1.54) is 6.07 Å². The molecule has 94 valence electrons. The third-order valence-corrected chi connectivity index (χ3v) is 2.77. The van der Waals surface area contributed by atoms with Crippen molar-refractivity contribution >= 4 is 17.6 Å². The Hall–Kier alpha value is -1.13. The average molecular weight is 260 g/mol. The Balaban J connectivity index is 2.86. The van der Waals surface area contributed by atoms with E-state index in [1.54, 1.807) is 17.0 Å². The molecule has 0 saturated heterocycles. The van der Waals surface area contributed by atoms with Crippen molar-refractivity contribution in [3.63, 3.8) is 0 Å². The van der Waals surface area contributed by atoms with Crippen LogP contribution >= 0.6 is 11.6 Å². The van der Waals surface area contributed by atoms with Crippen molar-refractivity contribution in [3.8, 4) is 0 Å². The molecule has 0 unspecified atom stereocenters. The topological polar surface area (TPSA) is 40.5 Å². The van der Waals surface area contributed by atoms with Crippen molar-refractivity contribution in [1.82, 2.24) is 4.90 Å². The maximum atomic E-state index is 13.7. The third-order valence-electron chi connectivity index (χ3n) is 2.47. The zero-order valence-electron chi connectivity index (χ0n) is 9.78. The standard InChI is InChI=1S/C12H15ClFNO2/c1-8(2)15(7-11(16)17)6-9-4-3-5-10(13)12(9)14/h3-5,8H,6-7H2,1-2H3,(H,16,17). The van der Waals surface area contributed by atoms with Crippen molar-refractivity contribution < 1.29 is 14.3 Å². The monoisotopic (exact) mass is 259 g/mol. The summed E-state index contributed by atoms with van der Waals surface area (Å²) in [6.45, 7) is 3.84. The van der Waals surface area contributed by atoms with Crippen molar-refractivity contribution in [2.45, 2.75) is 26.4 Å². The van der Waals surface area contributed by atoms with E-state index >= 15 is 0 Å². The minimum atomic E-state index is -0.930. The SMILES string of the molecule is CC(C)N(CC(=O)O)Cc1cccc(Cl)c1F. The van der Waals surface area contributed by atoms with Gasteiger partial charge in [-0.2, -0.15) is 0 Å². The fourth-order valence-electron chi connectivity index (χ4n) is 1.48. The van der Waals surface area contributed by atoms with Gasteiger partial charge in [-0.3, -0.25) is 9.69 Å². The van der Waals surface area contributed by atoms with Crippen LogP contribution in [0.3, 0.4) is 0 Å². The summed E-state index contributed by atoms with van der Waals surface area (Å²) in [5.74, 6) is -1.41. The molecule has 0 aliphatic rings. The van der Waals surface area contributed by atoms with Crippen LogP contribution in [0.15, 0.2) is 18.2 Å². The van der Waals surface area contributed by atoms with Gasteiger partial charge < -0.3 is 5.11 Å². The molecule has 5 heteroatoms. The van der Waals surface area contributed by atoms with Crippen molar-refractivity contribution in [2.24, 2.45) is 0 Å². The molecule has 0 spiro atoms. The highest BCUT2D eigenvalue weighted by molar-refractivity contribution is 6.30. The quantitative estimate of drug-likeness (QED) is 0.884. The molecule has 1 aromatic rings. The Labute approximate surface area is 105 Å². The molecular formula is C12H15ClFNO2. The minimum absolute atomic E-state index is 0.0180. The highest BCUT2D eigenvalue weighted by Gasteiger charge is 2.16. The van der Waals surface area contributed by atoms with Crippen LogP contribution in [-0.2, 0) is 11.3 Å². The fourth-order valence-corrected chi connectivity index (χ4v) is 1.68. The van der Waals surface area contributed by atoms with Gasteiger partial charge in [0.1, 0.15) is 5.82 Å². The first kappa shape index (κ1) is 13.9. The maximum absolute atomic E-state index is 13.7. The third kappa shape index (κ3) is 3.98. The van der Waals surface area contributed by atoms with Gasteiger partial charge >= 0.3 is 5.97 Å². The van der Waals surface area contributed by atoms with E-state index in [2.05, 4.69) is 0 Å². The first-order valence-electron chi connectivity index (χ1n) is 5.30. The Morgan fingerprint density at radius 2 is 2.18 bits per heavy atom. The van der Waals surface area contributed by atoms with Gasteiger partial charge in [0.15, 0.2) is 0 Å². The lowest BCUT2D eigenvalue weighted by Gasteiger charge is -2.24. The highest BCUT2D eigenvalue weighted by atomic mass is 35.5. The van der Waals surface area contributed by atoms with E-state index in [0.29, 0.717) is 5.56 Å². The van der Waals surface area contributed by atoms with Crippen LogP contribution in [0.25, 0.3) is 0 Å². The number of hydrogen-bond acceptors (Lipinski definition) is 2. The van der Waals surface area contributed by atoms with Crippen LogP contribution in [0.5, 0.6) is 0 Å². The number of carbonyl (C=O) groups is 1. The van der Waals surface area contributed by atoms with E-state index in [4.69, 9.17) is 16.7 Å². The molecular weight excluding hydrogens is 245 g/mol. The summed E-state index contributed by atoms with van der Waals surface area (Å²) in [5.41, 5.74) is 0.410.